The standard InChI is InChI=1S/C13H19N3/c1-16(2)9-8-15-11-13(10-14)12-6-4-3-5-7-12/h3-7,13,15H,8-9,11H2,1-2H3. The van der Waals surface area contributed by atoms with E-state index in [1.165, 1.54) is 0 Å². The van der Waals surface area contributed by atoms with Gasteiger partial charge in [0.1, 0.15) is 0 Å². The van der Waals surface area contributed by atoms with Crippen LogP contribution in [0.1, 0.15) is 11.5 Å². The number of nitrogens with zero attached hydrogens (tertiary/aromatic N) is 2. The van der Waals surface area contributed by atoms with Crippen LogP contribution in [0.15, 0.2) is 30.3 Å². The number of nitriles is 1. The molecule has 16 heavy (non-hydrogen) atoms. The molecule has 0 spiro atoms. The van der Waals surface area contributed by atoms with Crippen molar-refractivity contribution < 1.29 is 0 Å². The lowest BCUT2D eigenvalue weighted by Gasteiger charge is -2.13. The Morgan fingerprint density at radius 3 is 2.56 bits per heavy atom. The first kappa shape index (κ1) is 12.7. The molecule has 0 heterocycles. The van der Waals surface area contributed by atoms with Crippen molar-refractivity contribution in [1.82, 2.24) is 10.2 Å². The molecule has 1 aromatic rings. The van der Waals surface area contributed by atoms with Gasteiger partial charge in [-0.05, 0) is 19.7 Å². The van der Waals surface area contributed by atoms with E-state index in [1.807, 2.05) is 44.4 Å². The molecule has 0 aromatic heterocycles. The van der Waals surface area contributed by atoms with E-state index in [2.05, 4.69) is 16.3 Å². The zero-order chi connectivity index (χ0) is 11.8. The minimum atomic E-state index is -0.0524. The van der Waals surface area contributed by atoms with Gasteiger partial charge in [-0.15, -0.1) is 0 Å². The van der Waals surface area contributed by atoms with Gasteiger partial charge < -0.3 is 10.2 Å². The van der Waals surface area contributed by atoms with Crippen LogP contribution in [-0.4, -0.2) is 38.6 Å². The molecule has 1 rings (SSSR count). The van der Waals surface area contributed by atoms with E-state index in [1.54, 1.807) is 0 Å². The summed E-state index contributed by atoms with van der Waals surface area (Å²) in [5.74, 6) is -0.0524. The molecule has 86 valence electrons. The zero-order valence-corrected chi connectivity index (χ0v) is 9.98. The van der Waals surface area contributed by atoms with Crippen LogP contribution in [0.4, 0.5) is 0 Å². The maximum absolute atomic E-state index is 9.09. The molecule has 1 N–H and O–H groups in total. The molecule has 0 bridgehead atoms. The molecule has 0 fully saturated rings. The summed E-state index contributed by atoms with van der Waals surface area (Å²) in [7, 11) is 4.08. The van der Waals surface area contributed by atoms with E-state index in [0.29, 0.717) is 6.54 Å². The SMILES string of the molecule is CN(C)CCNCC(C#N)c1ccccc1. The van der Waals surface area contributed by atoms with Crippen molar-refractivity contribution in [2.45, 2.75) is 5.92 Å². The van der Waals surface area contributed by atoms with Gasteiger partial charge in [0.15, 0.2) is 0 Å². The third-order valence-corrected chi connectivity index (χ3v) is 2.44. The van der Waals surface area contributed by atoms with E-state index in [4.69, 9.17) is 5.26 Å². The fourth-order valence-electron chi connectivity index (χ4n) is 1.47. The monoisotopic (exact) mass is 217 g/mol. The fourth-order valence-corrected chi connectivity index (χ4v) is 1.47. The van der Waals surface area contributed by atoms with Crippen LogP contribution >= 0.6 is 0 Å². The molecule has 0 aliphatic rings. The molecule has 0 amide bonds. The lowest BCUT2D eigenvalue weighted by molar-refractivity contribution is 0.399. The summed E-state index contributed by atoms with van der Waals surface area (Å²) in [6, 6.07) is 12.2. The molecule has 0 radical (unpaired) electrons. The molecule has 3 nitrogen and oxygen atoms in total. The van der Waals surface area contributed by atoms with Crippen molar-refractivity contribution in [3.05, 3.63) is 35.9 Å². The Bertz CT molecular complexity index is 327. The van der Waals surface area contributed by atoms with Gasteiger partial charge in [0, 0.05) is 19.6 Å². The topological polar surface area (TPSA) is 39.1 Å². The minimum absolute atomic E-state index is 0.0524. The van der Waals surface area contributed by atoms with Crippen LogP contribution in [-0.2, 0) is 0 Å². The van der Waals surface area contributed by atoms with Crippen LogP contribution in [0, 0.1) is 11.3 Å². The molecule has 0 saturated heterocycles. The van der Waals surface area contributed by atoms with Gasteiger partial charge in [-0.3, -0.25) is 0 Å². The van der Waals surface area contributed by atoms with E-state index >= 15 is 0 Å². The van der Waals surface area contributed by atoms with Crippen LogP contribution in [0.5, 0.6) is 0 Å². The highest BCUT2D eigenvalue weighted by Gasteiger charge is 2.08. The van der Waals surface area contributed by atoms with Crippen molar-refractivity contribution >= 4 is 0 Å². The molecule has 1 atom stereocenters. The summed E-state index contributed by atoms with van der Waals surface area (Å²) in [5.41, 5.74) is 1.09. The van der Waals surface area contributed by atoms with Gasteiger partial charge >= 0.3 is 0 Å². The van der Waals surface area contributed by atoms with Crippen molar-refractivity contribution in [2.24, 2.45) is 0 Å². The number of nitrogens with one attached hydrogen (secondary N) is 1. The Morgan fingerprint density at radius 2 is 2.00 bits per heavy atom. The Kier molecular flexibility index (Phi) is 5.55. The maximum atomic E-state index is 9.09. The molecular formula is C13H19N3. The molecule has 3 heteroatoms. The Labute approximate surface area is 97.7 Å². The van der Waals surface area contributed by atoms with Gasteiger partial charge in [-0.2, -0.15) is 5.26 Å². The van der Waals surface area contributed by atoms with Crippen molar-refractivity contribution in [3.63, 3.8) is 0 Å². The van der Waals surface area contributed by atoms with Crippen LogP contribution in [0.2, 0.25) is 0 Å². The maximum Gasteiger partial charge on any atom is 0.0837 e. The normalized spacial score (nSPS) is 12.4. The first-order valence-electron chi connectivity index (χ1n) is 5.54. The first-order valence-corrected chi connectivity index (χ1v) is 5.54. The van der Waals surface area contributed by atoms with Crippen molar-refractivity contribution in [3.8, 4) is 6.07 Å². The van der Waals surface area contributed by atoms with Crippen molar-refractivity contribution in [2.75, 3.05) is 33.7 Å². The second-order valence-corrected chi connectivity index (χ2v) is 4.10. The molecule has 1 aromatic carbocycles. The highest BCUT2D eigenvalue weighted by atomic mass is 15.1. The Balaban J connectivity index is 2.37. The molecule has 1 unspecified atom stereocenters. The number of benzene rings is 1. The quantitative estimate of drug-likeness (QED) is 0.733. The van der Waals surface area contributed by atoms with Crippen LogP contribution < -0.4 is 5.32 Å². The lowest BCUT2D eigenvalue weighted by atomic mass is 10.0. The molecule has 0 saturated carbocycles. The van der Waals surface area contributed by atoms with E-state index < -0.39 is 0 Å². The second kappa shape index (κ2) is 7.00. The van der Waals surface area contributed by atoms with Crippen molar-refractivity contribution in [1.29, 1.82) is 5.26 Å². The predicted molar refractivity (Wildman–Crippen MR) is 66.2 cm³/mol. The predicted octanol–water partition coefficient (Wildman–Crippen LogP) is 1.44. The van der Waals surface area contributed by atoms with Gasteiger partial charge in [-0.1, -0.05) is 30.3 Å². The summed E-state index contributed by atoms with van der Waals surface area (Å²) in [6.07, 6.45) is 0. The zero-order valence-electron chi connectivity index (χ0n) is 9.98. The lowest BCUT2D eigenvalue weighted by Crippen LogP contribution is -2.29. The molecule has 0 aliphatic carbocycles. The summed E-state index contributed by atoms with van der Waals surface area (Å²) in [6.45, 7) is 2.62. The van der Waals surface area contributed by atoms with Crippen LogP contribution in [0.3, 0.4) is 0 Å². The summed E-state index contributed by atoms with van der Waals surface area (Å²) >= 11 is 0. The summed E-state index contributed by atoms with van der Waals surface area (Å²) in [5, 5.41) is 12.4. The number of hydrogen-bond acceptors (Lipinski definition) is 3. The average molecular weight is 217 g/mol. The van der Waals surface area contributed by atoms with E-state index in [0.717, 1.165) is 18.7 Å². The van der Waals surface area contributed by atoms with E-state index in [-0.39, 0.29) is 5.92 Å². The Morgan fingerprint density at radius 1 is 1.31 bits per heavy atom. The highest BCUT2D eigenvalue weighted by molar-refractivity contribution is 5.24. The van der Waals surface area contributed by atoms with E-state index in [9.17, 15) is 0 Å². The third-order valence-electron chi connectivity index (χ3n) is 2.44. The molecule has 0 aliphatic heterocycles. The van der Waals surface area contributed by atoms with Gasteiger partial charge in [-0.25, -0.2) is 0 Å². The largest absolute Gasteiger partial charge is 0.314 e. The minimum Gasteiger partial charge on any atom is -0.314 e. The first-order chi connectivity index (χ1) is 7.74. The molecular weight excluding hydrogens is 198 g/mol. The highest BCUT2D eigenvalue weighted by Crippen LogP contribution is 2.12. The number of likely N-dealkylation sites (N-methyl/N-ethyl adjacent to an activating group) is 1. The summed E-state index contributed by atoms with van der Waals surface area (Å²) < 4.78 is 0. The van der Waals surface area contributed by atoms with Crippen LogP contribution in [0.25, 0.3) is 0 Å². The second-order valence-electron chi connectivity index (χ2n) is 4.10. The fraction of sp³-hybridized carbons (Fsp3) is 0.462. The number of rotatable bonds is 6. The van der Waals surface area contributed by atoms with Gasteiger partial charge in [0.25, 0.3) is 0 Å². The average Bonchev–Trinajstić information content (AvgIpc) is 2.30. The summed E-state index contributed by atoms with van der Waals surface area (Å²) in [4.78, 5) is 2.12. The van der Waals surface area contributed by atoms with Gasteiger partial charge in [0.05, 0.1) is 12.0 Å². The number of hydrogen-bond donors (Lipinski definition) is 1. The Hall–Kier alpha value is -1.37. The third kappa shape index (κ3) is 4.43. The smallest absolute Gasteiger partial charge is 0.0837 e. The van der Waals surface area contributed by atoms with Gasteiger partial charge in [0.2, 0.25) is 0 Å².